The summed E-state index contributed by atoms with van der Waals surface area (Å²) in [4.78, 5) is 0. The molecule has 0 spiro atoms. The third kappa shape index (κ3) is 4.39. The minimum absolute atomic E-state index is 0.190. The number of methoxy groups -OCH3 is 1. The zero-order chi connectivity index (χ0) is 14.7. The van der Waals surface area contributed by atoms with Gasteiger partial charge in [0.1, 0.15) is 11.8 Å². The predicted octanol–water partition coefficient (Wildman–Crippen LogP) is 2.24. The molecule has 0 heterocycles. The quantitative estimate of drug-likeness (QED) is 0.907. The van der Waals surface area contributed by atoms with E-state index in [9.17, 15) is 21.6 Å². The van der Waals surface area contributed by atoms with E-state index >= 15 is 0 Å². The first-order valence-corrected chi connectivity index (χ1v) is 7.05. The van der Waals surface area contributed by atoms with Crippen LogP contribution in [0.5, 0.6) is 5.75 Å². The lowest BCUT2D eigenvalue weighted by Crippen LogP contribution is -2.38. The van der Waals surface area contributed by atoms with Crippen LogP contribution < -0.4 is 9.46 Å². The minimum atomic E-state index is -4.71. The molecule has 19 heavy (non-hydrogen) atoms. The van der Waals surface area contributed by atoms with Gasteiger partial charge in [0.2, 0.25) is 10.0 Å². The van der Waals surface area contributed by atoms with E-state index < -0.39 is 28.0 Å². The van der Waals surface area contributed by atoms with Crippen LogP contribution in [0, 0.1) is 0 Å². The van der Waals surface area contributed by atoms with Crippen LogP contribution in [0.15, 0.2) is 24.3 Å². The molecule has 1 aromatic carbocycles. The molecule has 0 fully saturated rings. The van der Waals surface area contributed by atoms with Crippen LogP contribution in [0.25, 0.3) is 0 Å². The number of sulfonamides is 1. The van der Waals surface area contributed by atoms with Crippen molar-refractivity contribution in [1.82, 2.24) is 4.72 Å². The standard InChI is InChI=1S/C11H14F3NO3S/c1-3-19(16,17)15-10(11(12,13)14)8-4-6-9(18-2)7-5-8/h4-7,10,15H,3H2,1-2H3. The minimum Gasteiger partial charge on any atom is -0.497 e. The second-order valence-electron chi connectivity index (χ2n) is 3.77. The highest BCUT2D eigenvalue weighted by atomic mass is 32.2. The molecule has 1 atom stereocenters. The van der Waals surface area contributed by atoms with Crippen LogP contribution in [0.1, 0.15) is 18.5 Å². The summed E-state index contributed by atoms with van der Waals surface area (Å²) in [6.45, 7) is 1.27. The fourth-order valence-corrected chi connectivity index (χ4v) is 2.18. The van der Waals surface area contributed by atoms with Gasteiger partial charge in [-0.05, 0) is 24.6 Å². The first-order chi connectivity index (χ1) is 8.69. The van der Waals surface area contributed by atoms with Crippen molar-refractivity contribution < 1.29 is 26.3 Å². The third-order valence-corrected chi connectivity index (χ3v) is 3.81. The monoisotopic (exact) mass is 297 g/mol. The van der Waals surface area contributed by atoms with E-state index in [4.69, 9.17) is 4.74 Å². The van der Waals surface area contributed by atoms with E-state index in [1.54, 1.807) is 4.72 Å². The second-order valence-corrected chi connectivity index (χ2v) is 5.81. The zero-order valence-corrected chi connectivity index (χ0v) is 11.2. The summed E-state index contributed by atoms with van der Waals surface area (Å²) in [5.74, 6) is -0.0292. The second kappa shape index (κ2) is 5.79. The summed E-state index contributed by atoms with van der Waals surface area (Å²) >= 11 is 0. The third-order valence-electron chi connectivity index (χ3n) is 2.45. The smallest absolute Gasteiger partial charge is 0.408 e. The van der Waals surface area contributed by atoms with Gasteiger partial charge in [-0.3, -0.25) is 0 Å². The molecule has 1 aromatic rings. The van der Waals surface area contributed by atoms with E-state index in [2.05, 4.69) is 0 Å². The summed E-state index contributed by atoms with van der Waals surface area (Å²) < 4.78 is 67.8. The SMILES string of the molecule is CCS(=O)(=O)NC(c1ccc(OC)cc1)C(F)(F)F. The molecule has 0 amide bonds. The molecule has 1 unspecified atom stereocenters. The van der Waals surface area contributed by atoms with Crippen molar-refractivity contribution in [2.75, 3.05) is 12.9 Å². The number of halogens is 3. The van der Waals surface area contributed by atoms with Gasteiger partial charge in [-0.2, -0.15) is 17.9 Å². The molecule has 0 bridgehead atoms. The van der Waals surface area contributed by atoms with Crippen molar-refractivity contribution >= 4 is 10.0 Å². The molecule has 108 valence electrons. The lowest BCUT2D eigenvalue weighted by molar-refractivity contribution is -0.153. The first kappa shape index (κ1) is 15.8. The Morgan fingerprint density at radius 3 is 2.16 bits per heavy atom. The number of ether oxygens (including phenoxy) is 1. The highest BCUT2D eigenvalue weighted by molar-refractivity contribution is 7.89. The Morgan fingerprint density at radius 1 is 1.26 bits per heavy atom. The highest BCUT2D eigenvalue weighted by Gasteiger charge is 2.42. The van der Waals surface area contributed by atoms with Crippen LogP contribution in [0.2, 0.25) is 0 Å². The van der Waals surface area contributed by atoms with Gasteiger partial charge < -0.3 is 4.74 Å². The van der Waals surface area contributed by atoms with Crippen molar-refractivity contribution in [1.29, 1.82) is 0 Å². The van der Waals surface area contributed by atoms with Crippen molar-refractivity contribution in [3.05, 3.63) is 29.8 Å². The van der Waals surface area contributed by atoms with E-state index in [1.807, 2.05) is 0 Å². The lowest BCUT2D eigenvalue weighted by Gasteiger charge is -2.21. The predicted molar refractivity (Wildman–Crippen MR) is 64.4 cm³/mol. The lowest BCUT2D eigenvalue weighted by atomic mass is 10.1. The number of hydrogen-bond donors (Lipinski definition) is 1. The fraction of sp³-hybridized carbons (Fsp3) is 0.455. The highest BCUT2D eigenvalue weighted by Crippen LogP contribution is 2.33. The van der Waals surface area contributed by atoms with E-state index in [1.165, 1.54) is 38.3 Å². The number of nitrogens with one attached hydrogen (secondary N) is 1. The number of benzene rings is 1. The first-order valence-electron chi connectivity index (χ1n) is 5.40. The summed E-state index contributed by atoms with van der Waals surface area (Å²) in [6.07, 6.45) is -4.71. The van der Waals surface area contributed by atoms with Gasteiger partial charge in [0.15, 0.2) is 0 Å². The summed E-state index contributed by atoms with van der Waals surface area (Å²) in [7, 11) is -2.58. The van der Waals surface area contributed by atoms with Crippen LogP contribution >= 0.6 is 0 Å². The van der Waals surface area contributed by atoms with Crippen LogP contribution in [0.3, 0.4) is 0 Å². The molecule has 0 radical (unpaired) electrons. The number of rotatable bonds is 5. The Morgan fingerprint density at radius 2 is 1.79 bits per heavy atom. The molecule has 0 aliphatic carbocycles. The van der Waals surface area contributed by atoms with Gasteiger partial charge in [0.25, 0.3) is 0 Å². The molecule has 1 N–H and O–H groups in total. The largest absolute Gasteiger partial charge is 0.497 e. The zero-order valence-electron chi connectivity index (χ0n) is 10.4. The maximum atomic E-state index is 12.9. The van der Waals surface area contributed by atoms with E-state index in [0.29, 0.717) is 5.75 Å². The number of hydrogen-bond acceptors (Lipinski definition) is 3. The Balaban J connectivity index is 3.10. The van der Waals surface area contributed by atoms with Crippen molar-refractivity contribution in [2.45, 2.75) is 19.1 Å². The molecular formula is C11H14F3NO3S. The molecule has 0 saturated heterocycles. The maximum absolute atomic E-state index is 12.9. The van der Waals surface area contributed by atoms with E-state index in [-0.39, 0.29) is 5.56 Å². The molecule has 8 heteroatoms. The Hall–Kier alpha value is -1.28. The van der Waals surface area contributed by atoms with Gasteiger partial charge >= 0.3 is 6.18 Å². The number of alkyl halides is 3. The van der Waals surface area contributed by atoms with Gasteiger partial charge in [0.05, 0.1) is 12.9 Å². The Labute approximate surface area is 109 Å². The van der Waals surface area contributed by atoms with E-state index in [0.717, 1.165) is 0 Å². The Kier molecular flexibility index (Phi) is 4.81. The molecule has 0 aliphatic rings. The molecule has 1 rings (SSSR count). The molecule has 4 nitrogen and oxygen atoms in total. The molecular weight excluding hydrogens is 283 g/mol. The summed E-state index contributed by atoms with van der Waals surface area (Å²) in [5.41, 5.74) is -0.190. The van der Waals surface area contributed by atoms with Crippen LogP contribution in [-0.2, 0) is 10.0 Å². The van der Waals surface area contributed by atoms with Crippen molar-refractivity contribution in [2.24, 2.45) is 0 Å². The fourth-order valence-electron chi connectivity index (χ4n) is 1.38. The molecule has 0 aromatic heterocycles. The summed E-state index contributed by atoms with van der Waals surface area (Å²) in [6, 6.07) is 2.77. The van der Waals surface area contributed by atoms with Crippen molar-refractivity contribution in [3.8, 4) is 5.75 Å². The maximum Gasteiger partial charge on any atom is 0.408 e. The molecule has 0 saturated carbocycles. The van der Waals surface area contributed by atoms with Crippen LogP contribution in [0.4, 0.5) is 13.2 Å². The normalized spacial score (nSPS) is 14.2. The van der Waals surface area contributed by atoms with Crippen LogP contribution in [-0.4, -0.2) is 27.5 Å². The summed E-state index contributed by atoms with van der Waals surface area (Å²) in [5, 5.41) is 0. The average molecular weight is 297 g/mol. The topological polar surface area (TPSA) is 55.4 Å². The van der Waals surface area contributed by atoms with Gasteiger partial charge in [0, 0.05) is 0 Å². The average Bonchev–Trinajstić information content (AvgIpc) is 2.35. The molecule has 0 aliphatic heterocycles. The van der Waals surface area contributed by atoms with Crippen molar-refractivity contribution in [3.63, 3.8) is 0 Å². The Bertz CT molecular complexity index is 511. The van der Waals surface area contributed by atoms with Gasteiger partial charge in [-0.25, -0.2) is 8.42 Å². The van der Waals surface area contributed by atoms with Gasteiger partial charge in [-0.15, -0.1) is 0 Å². The van der Waals surface area contributed by atoms with Gasteiger partial charge in [-0.1, -0.05) is 12.1 Å².